The highest BCUT2D eigenvalue weighted by molar-refractivity contribution is 5.80. The van der Waals surface area contributed by atoms with Crippen molar-refractivity contribution in [3.05, 3.63) is 95.3 Å². The van der Waals surface area contributed by atoms with Crippen molar-refractivity contribution in [2.45, 2.75) is 26.3 Å². The molecule has 2 heterocycles. The summed E-state index contributed by atoms with van der Waals surface area (Å²) in [7, 11) is 3.54. The highest BCUT2D eigenvalue weighted by Gasteiger charge is 2.23. The van der Waals surface area contributed by atoms with Crippen LogP contribution in [0.2, 0.25) is 0 Å². The van der Waals surface area contributed by atoms with Gasteiger partial charge in [-0.05, 0) is 43.7 Å². The molecule has 7 nitrogen and oxygen atoms in total. The summed E-state index contributed by atoms with van der Waals surface area (Å²) in [6.07, 6.45) is 3.83. The van der Waals surface area contributed by atoms with Crippen LogP contribution in [-0.4, -0.2) is 32.3 Å². The fourth-order valence-corrected chi connectivity index (χ4v) is 3.90. The first kappa shape index (κ1) is 21.4. The van der Waals surface area contributed by atoms with Crippen molar-refractivity contribution < 1.29 is 9.53 Å². The molecule has 2 aromatic heterocycles. The third kappa shape index (κ3) is 4.27. The normalized spacial score (nSPS) is 11.9. The van der Waals surface area contributed by atoms with Gasteiger partial charge in [-0.25, -0.2) is 9.67 Å². The van der Waals surface area contributed by atoms with Crippen LogP contribution in [0.1, 0.15) is 34.4 Å². The zero-order chi connectivity index (χ0) is 22.7. The fraction of sp³-hybridized carbons (Fsp3) is 0.240. The molecule has 0 aliphatic heterocycles. The Labute approximate surface area is 187 Å². The van der Waals surface area contributed by atoms with Crippen molar-refractivity contribution in [1.82, 2.24) is 24.6 Å². The van der Waals surface area contributed by atoms with Gasteiger partial charge in [-0.3, -0.25) is 4.79 Å². The second-order valence-corrected chi connectivity index (χ2v) is 7.75. The Hall–Kier alpha value is -3.87. The van der Waals surface area contributed by atoms with Gasteiger partial charge < -0.3 is 14.6 Å². The van der Waals surface area contributed by atoms with Crippen LogP contribution in [0.4, 0.5) is 0 Å². The van der Waals surface area contributed by atoms with Crippen LogP contribution >= 0.6 is 0 Å². The number of nitrogens with zero attached hydrogens (tertiary/aromatic N) is 4. The molecule has 1 atom stereocenters. The number of nitrogens with one attached hydrogen (secondary N) is 1. The Morgan fingerprint density at radius 1 is 1.12 bits per heavy atom. The van der Waals surface area contributed by atoms with Gasteiger partial charge in [0.25, 0.3) is 0 Å². The summed E-state index contributed by atoms with van der Waals surface area (Å²) in [5, 5.41) is 7.83. The molecule has 164 valence electrons. The van der Waals surface area contributed by atoms with Gasteiger partial charge in [-0.2, -0.15) is 5.10 Å². The molecule has 0 saturated heterocycles. The molecule has 0 fully saturated rings. The van der Waals surface area contributed by atoms with Crippen molar-refractivity contribution in [3.63, 3.8) is 0 Å². The van der Waals surface area contributed by atoms with Crippen LogP contribution < -0.4 is 10.1 Å². The lowest BCUT2D eigenvalue weighted by Crippen LogP contribution is -2.32. The average Bonchev–Trinajstić information content (AvgIpc) is 3.36. The molecule has 2 aromatic carbocycles. The van der Waals surface area contributed by atoms with Crippen LogP contribution in [0.5, 0.6) is 5.75 Å². The average molecular weight is 430 g/mol. The minimum absolute atomic E-state index is 0.0976. The number of carbonyl (C=O) groups is 1. The fourth-order valence-electron chi connectivity index (χ4n) is 3.90. The Kier molecular flexibility index (Phi) is 6.07. The zero-order valence-electron chi connectivity index (χ0n) is 18.7. The molecule has 4 rings (SSSR count). The van der Waals surface area contributed by atoms with E-state index in [4.69, 9.17) is 4.74 Å². The minimum Gasteiger partial charge on any atom is -0.497 e. The lowest BCUT2D eigenvalue weighted by atomic mass is 10.0. The smallest absolute Gasteiger partial charge is 0.225 e. The van der Waals surface area contributed by atoms with E-state index in [-0.39, 0.29) is 12.3 Å². The molecule has 0 spiro atoms. The van der Waals surface area contributed by atoms with Crippen LogP contribution in [0.15, 0.2) is 67.0 Å². The van der Waals surface area contributed by atoms with E-state index in [0.717, 1.165) is 39.8 Å². The Bertz CT molecular complexity index is 1230. The van der Waals surface area contributed by atoms with Gasteiger partial charge in [0, 0.05) is 30.7 Å². The first-order valence-corrected chi connectivity index (χ1v) is 10.5. The molecule has 0 aliphatic carbocycles. The predicted molar refractivity (Wildman–Crippen MR) is 123 cm³/mol. The minimum atomic E-state index is -0.401. The number of rotatable bonds is 7. The molecule has 0 saturated carbocycles. The van der Waals surface area contributed by atoms with E-state index < -0.39 is 6.04 Å². The molecular formula is C25H27N5O2. The van der Waals surface area contributed by atoms with Gasteiger partial charge >= 0.3 is 0 Å². The summed E-state index contributed by atoms with van der Waals surface area (Å²) in [6, 6.07) is 17.2. The monoisotopic (exact) mass is 429 g/mol. The number of benzene rings is 2. The maximum absolute atomic E-state index is 13.2. The van der Waals surface area contributed by atoms with E-state index in [9.17, 15) is 4.79 Å². The standard InChI is InChI=1S/C25H27N5O2/c1-17-22(18(2)30(28-17)20-10-6-5-7-11-20)16-23(31)27-24(25-26-13-14-29(25)3)19-9-8-12-21(15-19)32-4/h5-15,24H,16H2,1-4H3,(H,27,31)/t24-/m1/s1. The van der Waals surface area contributed by atoms with E-state index in [1.165, 1.54) is 0 Å². The van der Waals surface area contributed by atoms with Crippen LogP contribution in [0.25, 0.3) is 5.69 Å². The molecule has 0 aliphatic rings. The lowest BCUT2D eigenvalue weighted by molar-refractivity contribution is -0.121. The molecular weight excluding hydrogens is 402 g/mol. The largest absolute Gasteiger partial charge is 0.497 e. The number of ether oxygens (including phenoxy) is 1. The maximum atomic E-state index is 13.2. The third-order valence-electron chi connectivity index (χ3n) is 5.63. The first-order valence-electron chi connectivity index (χ1n) is 10.5. The number of amides is 1. The van der Waals surface area contributed by atoms with Gasteiger partial charge in [-0.15, -0.1) is 0 Å². The summed E-state index contributed by atoms with van der Waals surface area (Å²) >= 11 is 0. The van der Waals surface area contributed by atoms with Crippen molar-refractivity contribution in [2.75, 3.05) is 7.11 Å². The Balaban J connectivity index is 1.61. The summed E-state index contributed by atoms with van der Waals surface area (Å²) in [5.74, 6) is 1.38. The first-order chi connectivity index (χ1) is 15.5. The zero-order valence-corrected chi connectivity index (χ0v) is 18.7. The summed E-state index contributed by atoms with van der Waals surface area (Å²) in [4.78, 5) is 17.7. The maximum Gasteiger partial charge on any atom is 0.225 e. The van der Waals surface area contributed by atoms with E-state index in [1.807, 2.05) is 90.9 Å². The molecule has 0 bridgehead atoms. The van der Waals surface area contributed by atoms with Crippen LogP contribution in [0, 0.1) is 13.8 Å². The molecule has 0 radical (unpaired) electrons. The Morgan fingerprint density at radius 3 is 2.59 bits per heavy atom. The lowest BCUT2D eigenvalue weighted by Gasteiger charge is -2.20. The molecule has 0 unspecified atom stereocenters. The van der Waals surface area contributed by atoms with Crippen molar-refractivity contribution in [2.24, 2.45) is 7.05 Å². The van der Waals surface area contributed by atoms with Crippen molar-refractivity contribution in [3.8, 4) is 11.4 Å². The van der Waals surface area contributed by atoms with E-state index in [0.29, 0.717) is 0 Å². The topological polar surface area (TPSA) is 74.0 Å². The number of aromatic nitrogens is 4. The van der Waals surface area contributed by atoms with E-state index in [2.05, 4.69) is 15.4 Å². The Morgan fingerprint density at radius 2 is 1.91 bits per heavy atom. The van der Waals surface area contributed by atoms with E-state index in [1.54, 1.807) is 13.3 Å². The molecule has 1 amide bonds. The number of carbonyl (C=O) groups excluding carboxylic acids is 1. The van der Waals surface area contributed by atoms with Crippen molar-refractivity contribution in [1.29, 1.82) is 0 Å². The molecule has 1 N–H and O–H groups in total. The number of para-hydroxylation sites is 1. The van der Waals surface area contributed by atoms with Gasteiger partial charge in [0.15, 0.2) is 0 Å². The number of methoxy groups -OCH3 is 1. The predicted octanol–water partition coefficient (Wildman–Crippen LogP) is 3.68. The molecule has 7 heteroatoms. The van der Waals surface area contributed by atoms with Gasteiger partial charge in [0.1, 0.15) is 17.6 Å². The van der Waals surface area contributed by atoms with Crippen molar-refractivity contribution >= 4 is 5.91 Å². The van der Waals surface area contributed by atoms with Crippen LogP contribution in [-0.2, 0) is 18.3 Å². The highest BCUT2D eigenvalue weighted by atomic mass is 16.5. The third-order valence-corrected chi connectivity index (χ3v) is 5.63. The number of hydrogen-bond donors (Lipinski definition) is 1. The molecule has 4 aromatic rings. The second-order valence-electron chi connectivity index (χ2n) is 7.75. The number of hydrogen-bond acceptors (Lipinski definition) is 4. The van der Waals surface area contributed by atoms with E-state index >= 15 is 0 Å². The molecule has 32 heavy (non-hydrogen) atoms. The second kappa shape index (κ2) is 9.09. The summed E-state index contributed by atoms with van der Waals surface area (Å²) in [6.45, 7) is 3.93. The van der Waals surface area contributed by atoms with Crippen LogP contribution in [0.3, 0.4) is 0 Å². The number of aryl methyl sites for hydroxylation is 2. The highest BCUT2D eigenvalue weighted by Crippen LogP contribution is 2.25. The number of imidazole rings is 1. The van der Waals surface area contributed by atoms with Gasteiger partial charge in [0.2, 0.25) is 5.91 Å². The quantitative estimate of drug-likeness (QED) is 0.486. The summed E-state index contributed by atoms with van der Waals surface area (Å²) < 4.78 is 9.17. The SMILES string of the molecule is COc1cccc([C@@H](NC(=O)Cc2c(C)nn(-c3ccccc3)c2C)c2nccn2C)c1. The summed E-state index contributed by atoms with van der Waals surface area (Å²) in [5.41, 5.74) is 4.60. The van der Waals surface area contributed by atoms with Gasteiger partial charge in [0.05, 0.1) is 24.9 Å². The van der Waals surface area contributed by atoms with Gasteiger partial charge in [-0.1, -0.05) is 30.3 Å².